The summed E-state index contributed by atoms with van der Waals surface area (Å²) in [7, 11) is 0. The molecule has 8 nitrogen and oxygen atoms in total. The van der Waals surface area contributed by atoms with E-state index in [1.54, 1.807) is 0 Å². The topological polar surface area (TPSA) is 114 Å². The van der Waals surface area contributed by atoms with Crippen LogP contribution in [0.1, 0.15) is 31.7 Å². The highest BCUT2D eigenvalue weighted by atomic mass is 16.7. The molecule has 2 aliphatic rings. The summed E-state index contributed by atoms with van der Waals surface area (Å²) in [6, 6.07) is 7.84. The molecular weight excluding hydrogens is 344 g/mol. The van der Waals surface area contributed by atoms with Crippen LogP contribution >= 0.6 is 0 Å². The number of anilines is 2. The van der Waals surface area contributed by atoms with Crippen molar-refractivity contribution in [1.29, 1.82) is 0 Å². The van der Waals surface area contributed by atoms with E-state index in [9.17, 15) is 0 Å². The van der Waals surface area contributed by atoms with Gasteiger partial charge in [-0.1, -0.05) is 12.1 Å². The number of benzene rings is 1. The molecule has 8 heteroatoms. The van der Waals surface area contributed by atoms with Crippen LogP contribution in [0.3, 0.4) is 0 Å². The van der Waals surface area contributed by atoms with Gasteiger partial charge in [0.15, 0.2) is 11.4 Å². The van der Waals surface area contributed by atoms with Crippen LogP contribution in [0.15, 0.2) is 30.6 Å². The number of nitrogens with zero attached hydrogens (tertiary/aromatic N) is 4. The van der Waals surface area contributed by atoms with E-state index in [0.29, 0.717) is 24.7 Å². The molecule has 1 saturated carbocycles. The Hall–Kier alpha value is -2.71. The quantitative estimate of drug-likeness (QED) is 0.670. The maximum absolute atomic E-state index is 6.19. The van der Waals surface area contributed by atoms with Crippen molar-refractivity contribution >= 4 is 22.5 Å². The predicted molar refractivity (Wildman–Crippen MR) is 102 cm³/mol. The van der Waals surface area contributed by atoms with Crippen molar-refractivity contribution in [3.63, 3.8) is 0 Å². The summed E-state index contributed by atoms with van der Waals surface area (Å²) >= 11 is 0. The molecule has 4 N–H and O–H groups in total. The summed E-state index contributed by atoms with van der Waals surface area (Å²) in [5, 5.41) is 5.69. The average molecular weight is 366 g/mol. The highest BCUT2D eigenvalue weighted by Gasteiger charge is 2.41. The molecule has 2 fully saturated rings. The van der Waals surface area contributed by atoms with E-state index in [0.717, 1.165) is 48.0 Å². The predicted octanol–water partition coefficient (Wildman–Crippen LogP) is 2.52. The number of ether oxygens (including phenoxy) is 2. The Kier molecular flexibility index (Phi) is 3.76. The fourth-order valence-corrected chi connectivity index (χ4v) is 4.17. The van der Waals surface area contributed by atoms with Gasteiger partial charge in [-0.2, -0.15) is 5.10 Å². The van der Waals surface area contributed by atoms with E-state index in [1.165, 1.54) is 6.33 Å². The lowest BCUT2D eigenvalue weighted by Crippen LogP contribution is -2.36. The Morgan fingerprint density at radius 3 is 2.41 bits per heavy atom. The van der Waals surface area contributed by atoms with Gasteiger partial charge in [0.1, 0.15) is 17.8 Å². The molecule has 140 valence electrons. The molecule has 1 spiro atoms. The van der Waals surface area contributed by atoms with Crippen LogP contribution in [0.5, 0.6) is 0 Å². The van der Waals surface area contributed by atoms with Gasteiger partial charge >= 0.3 is 0 Å². The fraction of sp³-hybridized carbons (Fsp3) is 0.421. The summed E-state index contributed by atoms with van der Waals surface area (Å²) in [5.41, 5.74) is 15.2. The summed E-state index contributed by atoms with van der Waals surface area (Å²) in [6.45, 7) is 1.36. The van der Waals surface area contributed by atoms with Crippen LogP contribution in [0.4, 0.5) is 11.5 Å². The Morgan fingerprint density at radius 2 is 1.70 bits per heavy atom. The molecule has 3 heterocycles. The maximum Gasteiger partial charge on any atom is 0.168 e. The van der Waals surface area contributed by atoms with E-state index in [2.05, 4.69) is 9.97 Å². The largest absolute Gasteiger partial charge is 0.399 e. The zero-order valence-corrected chi connectivity index (χ0v) is 15.0. The number of hydrogen-bond donors (Lipinski definition) is 2. The van der Waals surface area contributed by atoms with Crippen molar-refractivity contribution in [2.75, 3.05) is 24.7 Å². The Morgan fingerprint density at radius 1 is 1.00 bits per heavy atom. The minimum atomic E-state index is -0.396. The second-order valence-electron chi connectivity index (χ2n) is 7.21. The van der Waals surface area contributed by atoms with Crippen LogP contribution in [0.2, 0.25) is 0 Å². The van der Waals surface area contributed by atoms with E-state index >= 15 is 0 Å². The lowest BCUT2D eigenvalue weighted by molar-refractivity contribution is -0.181. The summed E-state index contributed by atoms with van der Waals surface area (Å²) in [6.07, 6.45) is 5.05. The molecule has 0 bridgehead atoms. The van der Waals surface area contributed by atoms with Crippen LogP contribution < -0.4 is 11.5 Å². The normalized spacial score (nSPS) is 19.9. The summed E-state index contributed by atoms with van der Waals surface area (Å²) in [5.74, 6) is 0.0422. The smallest absolute Gasteiger partial charge is 0.168 e. The van der Waals surface area contributed by atoms with Gasteiger partial charge in [-0.15, -0.1) is 0 Å². The first-order chi connectivity index (χ1) is 13.2. The Balaban J connectivity index is 1.55. The zero-order chi connectivity index (χ0) is 18.4. The molecule has 1 aliphatic carbocycles. The Bertz CT molecular complexity index is 968. The van der Waals surface area contributed by atoms with Crippen LogP contribution in [-0.4, -0.2) is 38.7 Å². The van der Waals surface area contributed by atoms with Crippen molar-refractivity contribution in [2.45, 2.75) is 37.5 Å². The molecule has 0 unspecified atom stereocenters. The minimum absolute atomic E-state index is 0.225. The van der Waals surface area contributed by atoms with E-state index in [4.69, 9.17) is 26.0 Å². The highest BCUT2D eigenvalue weighted by Crippen LogP contribution is 2.42. The first-order valence-electron chi connectivity index (χ1n) is 9.28. The molecule has 1 aliphatic heterocycles. The molecule has 2 aromatic heterocycles. The Labute approximate surface area is 156 Å². The lowest BCUT2D eigenvalue weighted by atomic mass is 9.90. The molecular formula is C19H22N6O2. The number of aromatic nitrogens is 4. The first-order valence-corrected chi connectivity index (χ1v) is 9.28. The van der Waals surface area contributed by atoms with Crippen molar-refractivity contribution in [1.82, 2.24) is 19.7 Å². The van der Waals surface area contributed by atoms with Crippen molar-refractivity contribution < 1.29 is 9.47 Å². The van der Waals surface area contributed by atoms with Crippen molar-refractivity contribution in [2.24, 2.45) is 0 Å². The maximum atomic E-state index is 6.19. The third-order valence-electron chi connectivity index (χ3n) is 5.58. The first kappa shape index (κ1) is 16.5. The molecule has 1 aromatic carbocycles. The van der Waals surface area contributed by atoms with Gasteiger partial charge in [-0.3, -0.25) is 0 Å². The number of nitrogens with two attached hydrogens (primary N) is 2. The summed E-state index contributed by atoms with van der Waals surface area (Å²) < 4.78 is 13.7. The van der Waals surface area contributed by atoms with Gasteiger partial charge in [0.2, 0.25) is 0 Å². The third kappa shape index (κ3) is 2.72. The number of hydrogen-bond acceptors (Lipinski definition) is 7. The average Bonchev–Trinajstić information content (AvgIpc) is 3.29. The standard InChI is InChI=1S/C19H22N6O2/c20-13-3-1-12(2-4-13)16-15-17(21)22-11-23-18(15)25(24-16)14-5-7-19(8-6-14)26-9-10-27-19/h1-4,11,14H,5-10,20H2,(H2,21,22,23). The molecule has 0 radical (unpaired) electrons. The number of nitrogen functional groups attached to an aromatic ring is 2. The van der Waals surface area contributed by atoms with Crippen LogP contribution in [0.25, 0.3) is 22.3 Å². The SMILES string of the molecule is Nc1ccc(-c2nn(C3CCC4(CC3)OCCO4)c3ncnc(N)c23)cc1. The minimum Gasteiger partial charge on any atom is -0.399 e. The molecule has 5 rings (SSSR count). The van der Waals surface area contributed by atoms with Gasteiger partial charge in [0.05, 0.1) is 24.6 Å². The monoisotopic (exact) mass is 366 g/mol. The van der Waals surface area contributed by atoms with Gasteiger partial charge < -0.3 is 20.9 Å². The molecule has 3 aromatic rings. The second-order valence-corrected chi connectivity index (χ2v) is 7.21. The van der Waals surface area contributed by atoms with E-state index < -0.39 is 5.79 Å². The molecule has 0 atom stereocenters. The fourth-order valence-electron chi connectivity index (χ4n) is 4.17. The van der Waals surface area contributed by atoms with Crippen molar-refractivity contribution in [3.05, 3.63) is 30.6 Å². The molecule has 0 amide bonds. The number of rotatable bonds is 2. The third-order valence-corrected chi connectivity index (χ3v) is 5.58. The van der Waals surface area contributed by atoms with Gasteiger partial charge in [-0.05, 0) is 25.0 Å². The molecule has 1 saturated heterocycles. The van der Waals surface area contributed by atoms with Gasteiger partial charge in [-0.25, -0.2) is 14.6 Å². The van der Waals surface area contributed by atoms with Gasteiger partial charge in [0.25, 0.3) is 0 Å². The summed E-state index contributed by atoms with van der Waals surface area (Å²) in [4.78, 5) is 8.67. The molecule has 27 heavy (non-hydrogen) atoms. The highest BCUT2D eigenvalue weighted by molar-refractivity contribution is 5.98. The van der Waals surface area contributed by atoms with Crippen LogP contribution in [0, 0.1) is 0 Å². The second kappa shape index (κ2) is 6.17. The van der Waals surface area contributed by atoms with E-state index in [1.807, 2.05) is 28.9 Å². The number of fused-ring (bicyclic) bond motifs is 1. The van der Waals surface area contributed by atoms with Gasteiger partial charge in [0, 0.05) is 24.1 Å². The lowest BCUT2D eigenvalue weighted by Gasteiger charge is -2.35. The van der Waals surface area contributed by atoms with Crippen molar-refractivity contribution in [3.8, 4) is 11.3 Å². The van der Waals surface area contributed by atoms with E-state index in [-0.39, 0.29) is 6.04 Å². The van der Waals surface area contributed by atoms with Crippen LogP contribution in [-0.2, 0) is 9.47 Å². The zero-order valence-electron chi connectivity index (χ0n) is 15.0.